The number of esters is 1. The molecule has 1 aliphatic heterocycles. The summed E-state index contributed by atoms with van der Waals surface area (Å²) in [6.07, 6.45) is 6.61. The summed E-state index contributed by atoms with van der Waals surface area (Å²) in [6, 6.07) is 7.36. The predicted molar refractivity (Wildman–Crippen MR) is 119 cm³/mol. The summed E-state index contributed by atoms with van der Waals surface area (Å²) in [5.41, 5.74) is 2.11. The van der Waals surface area contributed by atoms with E-state index in [9.17, 15) is 14.4 Å². The molecule has 0 radical (unpaired) electrons. The summed E-state index contributed by atoms with van der Waals surface area (Å²) in [7, 11) is 0. The van der Waals surface area contributed by atoms with E-state index >= 15 is 0 Å². The van der Waals surface area contributed by atoms with Crippen LogP contribution in [0.1, 0.15) is 63.5 Å². The fraction of sp³-hybridized carbons (Fsp3) is 0.654. The van der Waals surface area contributed by atoms with Crippen molar-refractivity contribution in [1.82, 2.24) is 10.2 Å². The van der Waals surface area contributed by atoms with E-state index in [2.05, 4.69) is 11.4 Å². The Morgan fingerprint density at radius 2 is 1.59 bits per heavy atom. The van der Waals surface area contributed by atoms with Gasteiger partial charge in [0.25, 0.3) is 5.91 Å². The molecule has 4 aliphatic carbocycles. The molecule has 1 aromatic carbocycles. The normalized spacial score (nSPS) is 32.1. The highest BCUT2D eigenvalue weighted by Crippen LogP contribution is 2.60. The minimum atomic E-state index is -0.869. The van der Waals surface area contributed by atoms with E-state index in [1.807, 2.05) is 18.2 Å². The monoisotopic (exact) mass is 438 g/mol. The molecule has 6 rings (SSSR count). The minimum absolute atomic E-state index is 0.00710. The molecule has 4 saturated carbocycles. The van der Waals surface area contributed by atoms with Crippen molar-refractivity contribution in [3.8, 4) is 0 Å². The molecule has 4 fully saturated rings. The first kappa shape index (κ1) is 21.5. The Bertz CT molecular complexity index is 891. The van der Waals surface area contributed by atoms with E-state index in [-0.39, 0.29) is 17.2 Å². The molecule has 6 heteroatoms. The van der Waals surface area contributed by atoms with Gasteiger partial charge in [0.2, 0.25) is 5.91 Å². The van der Waals surface area contributed by atoms with Crippen molar-refractivity contribution in [2.75, 3.05) is 6.54 Å². The number of nitrogens with zero attached hydrogens (tertiary/aromatic N) is 1. The van der Waals surface area contributed by atoms with Gasteiger partial charge in [-0.3, -0.25) is 9.59 Å². The first-order chi connectivity index (χ1) is 15.3. The second kappa shape index (κ2) is 8.20. The highest BCUT2D eigenvalue weighted by molar-refractivity contribution is 5.89. The molecular weight excluding hydrogens is 404 g/mol. The van der Waals surface area contributed by atoms with Crippen LogP contribution in [0.2, 0.25) is 0 Å². The van der Waals surface area contributed by atoms with Crippen molar-refractivity contribution in [2.45, 2.75) is 77.5 Å². The van der Waals surface area contributed by atoms with Gasteiger partial charge in [-0.2, -0.15) is 0 Å². The van der Waals surface area contributed by atoms with Gasteiger partial charge in [0, 0.05) is 18.5 Å². The van der Waals surface area contributed by atoms with Crippen LogP contribution >= 0.6 is 0 Å². The van der Waals surface area contributed by atoms with Gasteiger partial charge in [-0.05, 0) is 87.7 Å². The molecule has 0 aromatic heterocycles. The van der Waals surface area contributed by atoms with Gasteiger partial charge in [0.05, 0.1) is 0 Å². The van der Waals surface area contributed by atoms with E-state index in [0.29, 0.717) is 30.8 Å². The third-order valence-corrected chi connectivity index (χ3v) is 8.30. The van der Waals surface area contributed by atoms with Crippen LogP contribution in [0.4, 0.5) is 0 Å². The van der Waals surface area contributed by atoms with E-state index in [1.165, 1.54) is 24.8 Å². The summed E-state index contributed by atoms with van der Waals surface area (Å²) < 4.78 is 5.49. The topological polar surface area (TPSA) is 75.7 Å². The number of hydrogen-bond acceptors (Lipinski definition) is 4. The van der Waals surface area contributed by atoms with E-state index in [0.717, 1.165) is 31.2 Å². The zero-order valence-electron chi connectivity index (χ0n) is 19.1. The molecule has 6 nitrogen and oxygen atoms in total. The number of nitrogens with one attached hydrogen (secondary N) is 1. The molecule has 32 heavy (non-hydrogen) atoms. The van der Waals surface area contributed by atoms with Crippen molar-refractivity contribution < 1.29 is 19.1 Å². The Kier molecular flexibility index (Phi) is 5.50. The summed E-state index contributed by atoms with van der Waals surface area (Å²) in [5.74, 6) is 1.28. The van der Waals surface area contributed by atoms with E-state index in [1.54, 1.807) is 18.7 Å². The standard InChI is InChI=1S/C26H34N2O4/c1-16(27-25(31)26-12-18-9-19(13-26)11-20(10-18)14-26)24(30)32-17(2)23(29)28-8-7-21-5-3-4-6-22(21)15-28/h3-6,16-20H,7-15H2,1-2H3,(H,27,31)/t16-,17-,18?,19?,20?,26?/m1/s1. The largest absolute Gasteiger partial charge is 0.451 e. The summed E-state index contributed by atoms with van der Waals surface area (Å²) in [4.78, 5) is 40.5. The highest BCUT2D eigenvalue weighted by Gasteiger charge is 2.54. The molecular formula is C26H34N2O4. The van der Waals surface area contributed by atoms with Crippen LogP contribution in [-0.2, 0) is 32.1 Å². The summed E-state index contributed by atoms with van der Waals surface area (Å²) >= 11 is 0. The first-order valence-electron chi connectivity index (χ1n) is 12.2. The predicted octanol–water partition coefficient (Wildman–Crippen LogP) is 3.22. The lowest BCUT2D eigenvalue weighted by Gasteiger charge is -2.55. The number of benzene rings is 1. The fourth-order valence-electron chi connectivity index (χ4n) is 7.07. The minimum Gasteiger partial charge on any atom is -0.451 e. The molecule has 1 heterocycles. The lowest BCUT2D eigenvalue weighted by atomic mass is 9.49. The number of fused-ring (bicyclic) bond motifs is 1. The quantitative estimate of drug-likeness (QED) is 0.717. The van der Waals surface area contributed by atoms with Crippen molar-refractivity contribution in [3.05, 3.63) is 35.4 Å². The van der Waals surface area contributed by atoms with Crippen molar-refractivity contribution >= 4 is 17.8 Å². The van der Waals surface area contributed by atoms with Gasteiger partial charge in [0.15, 0.2) is 6.10 Å². The van der Waals surface area contributed by atoms with Gasteiger partial charge < -0.3 is 15.0 Å². The Balaban J connectivity index is 1.15. The Morgan fingerprint density at radius 3 is 2.22 bits per heavy atom. The molecule has 1 aromatic rings. The summed E-state index contributed by atoms with van der Waals surface area (Å²) in [5, 5.41) is 2.94. The number of ether oxygens (including phenoxy) is 1. The maximum atomic E-state index is 13.2. The fourth-order valence-corrected chi connectivity index (χ4v) is 7.07. The molecule has 172 valence electrons. The van der Waals surface area contributed by atoms with Crippen LogP contribution in [0.3, 0.4) is 0 Å². The molecule has 2 amide bonds. The van der Waals surface area contributed by atoms with Gasteiger partial charge in [-0.15, -0.1) is 0 Å². The Hall–Kier alpha value is -2.37. The van der Waals surface area contributed by atoms with Crippen LogP contribution in [0.5, 0.6) is 0 Å². The second-order valence-electron chi connectivity index (χ2n) is 10.8. The lowest BCUT2D eigenvalue weighted by Crippen LogP contribution is -2.56. The lowest BCUT2D eigenvalue weighted by molar-refractivity contribution is -0.163. The third kappa shape index (κ3) is 3.93. The van der Waals surface area contributed by atoms with Crippen molar-refractivity contribution in [3.63, 3.8) is 0 Å². The number of rotatable bonds is 5. The zero-order valence-corrected chi connectivity index (χ0v) is 19.1. The molecule has 0 unspecified atom stereocenters. The Morgan fingerprint density at radius 1 is 1.00 bits per heavy atom. The molecule has 0 spiro atoms. The zero-order chi connectivity index (χ0) is 22.5. The number of amides is 2. The maximum Gasteiger partial charge on any atom is 0.329 e. The molecule has 5 aliphatic rings. The maximum absolute atomic E-state index is 13.2. The van der Waals surface area contributed by atoms with Crippen LogP contribution in [0.25, 0.3) is 0 Å². The van der Waals surface area contributed by atoms with Crippen LogP contribution in [-0.4, -0.2) is 41.4 Å². The molecule has 2 atom stereocenters. The van der Waals surface area contributed by atoms with Gasteiger partial charge in [-0.25, -0.2) is 4.79 Å². The van der Waals surface area contributed by atoms with Crippen LogP contribution < -0.4 is 5.32 Å². The van der Waals surface area contributed by atoms with Crippen LogP contribution in [0.15, 0.2) is 24.3 Å². The highest BCUT2D eigenvalue weighted by atomic mass is 16.5. The molecule has 4 bridgehead atoms. The van der Waals surface area contributed by atoms with E-state index in [4.69, 9.17) is 4.74 Å². The Labute approximate surface area is 190 Å². The van der Waals surface area contributed by atoms with Crippen molar-refractivity contribution in [1.29, 1.82) is 0 Å². The third-order valence-electron chi connectivity index (χ3n) is 8.30. The second-order valence-corrected chi connectivity index (χ2v) is 10.8. The van der Waals surface area contributed by atoms with Gasteiger partial charge in [0.1, 0.15) is 6.04 Å². The van der Waals surface area contributed by atoms with Crippen molar-refractivity contribution in [2.24, 2.45) is 23.2 Å². The van der Waals surface area contributed by atoms with E-state index < -0.39 is 18.1 Å². The van der Waals surface area contributed by atoms with Gasteiger partial charge in [-0.1, -0.05) is 24.3 Å². The first-order valence-corrected chi connectivity index (χ1v) is 12.2. The SMILES string of the molecule is C[C@@H](NC(=O)C12CC3CC(CC(C3)C1)C2)C(=O)O[C@H](C)C(=O)N1CCc2ccccc2C1. The average Bonchev–Trinajstić information content (AvgIpc) is 2.77. The van der Waals surface area contributed by atoms with Gasteiger partial charge >= 0.3 is 5.97 Å². The number of carbonyl (C=O) groups excluding carboxylic acids is 3. The average molecular weight is 439 g/mol. The number of hydrogen-bond donors (Lipinski definition) is 1. The van der Waals surface area contributed by atoms with Crippen LogP contribution in [0, 0.1) is 23.2 Å². The summed E-state index contributed by atoms with van der Waals surface area (Å²) in [6.45, 7) is 4.44. The molecule has 0 saturated heterocycles. The molecule has 1 N–H and O–H groups in total. The number of carbonyl (C=O) groups is 3. The smallest absolute Gasteiger partial charge is 0.329 e.